The summed E-state index contributed by atoms with van der Waals surface area (Å²) in [6, 6.07) is 3.74. The Kier molecular flexibility index (Phi) is 6.45. The molecule has 2 aromatic heterocycles. The number of thioether (sulfide) groups is 1. The molecule has 31 heavy (non-hydrogen) atoms. The van der Waals surface area contributed by atoms with Crippen LogP contribution in [-0.4, -0.2) is 50.3 Å². The molecule has 0 bridgehead atoms. The van der Waals surface area contributed by atoms with Gasteiger partial charge < -0.3 is 10.1 Å². The second-order valence-electron chi connectivity index (χ2n) is 8.32. The molecule has 0 aromatic carbocycles. The van der Waals surface area contributed by atoms with Crippen LogP contribution in [-0.2, 0) is 9.53 Å². The number of hydrogen-bond donors (Lipinski definition) is 1. The van der Waals surface area contributed by atoms with Crippen molar-refractivity contribution in [3.05, 3.63) is 44.7 Å². The highest BCUT2D eigenvalue weighted by Crippen LogP contribution is 2.34. The first-order valence-electron chi connectivity index (χ1n) is 10.5. The van der Waals surface area contributed by atoms with Crippen LogP contribution in [0.5, 0.6) is 0 Å². The van der Waals surface area contributed by atoms with Gasteiger partial charge in [-0.15, -0.1) is 0 Å². The Bertz CT molecular complexity index is 1120. The van der Waals surface area contributed by atoms with Crippen molar-refractivity contribution in [2.75, 3.05) is 25.0 Å². The molecule has 1 unspecified atom stereocenters. The van der Waals surface area contributed by atoms with E-state index in [-0.39, 0.29) is 17.6 Å². The lowest BCUT2D eigenvalue weighted by Gasteiger charge is -2.18. The Morgan fingerprint density at radius 2 is 2.19 bits per heavy atom. The number of aryl methyl sites for hydroxylation is 1. The molecule has 1 atom stereocenters. The summed E-state index contributed by atoms with van der Waals surface area (Å²) in [4.78, 5) is 33.1. The van der Waals surface area contributed by atoms with Gasteiger partial charge in [-0.3, -0.25) is 18.9 Å². The van der Waals surface area contributed by atoms with Gasteiger partial charge in [0.1, 0.15) is 15.8 Å². The predicted octanol–water partition coefficient (Wildman–Crippen LogP) is 3.45. The SMILES string of the molecule is Cc1ccc2nc(NCC(C)C)c(/C=C3/SC(=S)N(CC4CCCO4)C3=O)c(=O)n2c1. The maximum absolute atomic E-state index is 13.3. The number of fused-ring (bicyclic) bond motifs is 1. The van der Waals surface area contributed by atoms with Gasteiger partial charge in [-0.1, -0.05) is 43.9 Å². The molecule has 2 saturated heterocycles. The van der Waals surface area contributed by atoms with Gasteiger partial charge in [-0.25, -0.2) is 4.98 Å². The third-order valence-corrected chi connectivity index (χ3v) is 6.62. The first-order valence-corrected chi connectivity index (χ1v) is 11.7. The first kappa shape index (κ1) is 22.0. The van der Waals surface area contributed by atoms with Crippen LogP contribution in [0.1, 0.15) is 37.8 Å². The van der Waals surface area contributed by atoms with Crippen molar-refractivity contribution < 1.29 is 9.53 Å². The van der Waals surface area contributed by atoms with E-state index in [4.69, 9.17) is 17.0 Å². The minimum atomic E-state index is -0.218. The summed E-state index contributed by atoms with van der Waals surface area (Å²) in [7, 11) is 0. The maximum Gasteiger partial charge on any atom is 0.267 e. The number of carbonyl (C=O) groups excluding carboxylic acids is 1. The number of rotatable bonds is 6. The van der Waals surface area contributed by atoms with Gasteiger partial charge in [0.05, 0.1) is 23.1 Å². The van der Waals surface area contributed by atoms with Crippen molar-refractivity contribution >= 4 is 51.7 Å². The van der Waals surface area contributed by atoms with Crippen molar-refractivity contribution in [2.24, 2.45) is 5.92 Å². The average Bonchev–Trinajstić information content (AvgIpc) is 3.33. The Balaban J connectivity index is 1.73. The summed E-state index contributed by atoms with van der Waals surface area (Å²) >= 11 is 6.67. The van der Waals surface area contributed by atoms with Gasteiger partial charge in [0.25, 0.3) is 11.5 Å². The fourth-order valence-corrected chi connectivity index (χ4v) is 4.86. The van der Waals surface area contributed by atoms with Crippen LogP contribution >= 0.6 is 24.0 Å². The molecule has 1 N–H and O–H groups in total. The zero-order chi connectivity index (χ0) is 22.1. The van der Waals surface area contributed by atoms with E-state index in [1.165, 1.54) is 16.2 Å². The molecular formula is C22H26N4O3S2. The zero-order valence-corrected chi connectivity index (χ0v) is 19.5. The molecule has 164 valence electrons. The Hall–Kier alpha value is -2.23. The number of hydrogen-bond acceptors (Lipinski definition) is 7. The van der Waals surface area contributed by atoms with E-state index in [0.717, 1.165) is 25.0 Å². The van der Waals surface area contributed by atoms with Crippen LogP contribution in [0.2, 0.25) is 0 Å². The lowest BCUT2D eigenvalue weighted by molar-refractivity contribution is -0.123. The van der Waals surface area contributed by atoms with Crippen LogP contribution < -0.4 is 10.9 Å². The molecule has 7 nitrogen and oxygen atoms in total. The molecule has 0 aliphatic carbocycles. The van der Waals surface area contributed by atoms with E-state index in [1.54, 1.807) is 17.2 Å². The number of nitrogens with zero attached hydrogens (tertiary/aromatic N) is 3. The molecule has 2 fully saturated rings. The van der Waals surface area contributed by atoms with Crippen LogP contribution in [0.15, 0.2) is 28.0 Å². The third kappa shape index (κ3) is 4.68. The lowest BCUT2D eigenvalue weighted by Crippen LogP contribution is -2.35. The van der Waals surface area contributed by atoms with Crippen LogP contribution in [0.4, 0.5) is 5.82 Å². The summed E-state index contributed by atoms with van der Waals surface area (Å²) in [5.74, 6) is 0.664. The third-order valence-electron chi connectivity index (χ3n) is 5.24. The van der Waals surface area contributed by atoms with E-state index in [9.17, 15) is 9.59 Å². The summed E-state index contributed by atoms with van der Waals surface area (Å²) in [5.41, 5.74) is 1.66. The lowest BCUT2D eigenvalue weighted by atomic mass is 10.2. The van der Waals surface area contributed by atoms with Crippen LogP contribution in [0, 0.1) is 12.8 Å². The molecule has 0 saturated carbocycles. The first-order chi connectivity index (χ1) is 14.8. The number of carbonyl (C=O) groups is 1. The number of ether oxygens (including phenoxy) is 1. The number of anilines is 1. The van der Waals surface area contributed by atoms with E-state index >= 15 is 0 Å². The molecule has 0 radical (unpaired) electrons. The standard InChI is InChI=1S/C22H26N4O3S2/c1-13(2)10-23-19-16(20(27)25-11-14(3)6-7-18(25)24-19)9-17-21(28)26(22(30)31-17)12-15-5-4-8-29-15/h6-7,9,11,13,15,23H,4-5,8,10,12H2,1-3H3/b17-9+. The normalized spacial score (nSPS) is 20.6. The number of thiocarbonyl (C=S) groups is 1. The van der Waals surface area contributed by atoms with Gasteiger partial charge in [0.2, 0.25) is 0 Å². The largest absolute Gasteiger partial charge is 0.376 e. The summed E-state index contributed by atoms with van der Waals surface area (Å²) in [5, 5.41) is 3.27. The second kappa shape index (κ2) is 9.10. The smallest absolute Gasteiger partial charge is 0.267 e. The van der Waals surface area contributed by atoms with Crippen molar-refractivity contribution in [3.8, 4) is 0 Å². The minimum absolute atomic E-state index is 0.0149. The number of nitrogens with one attached hydrogen (secondary N) is 1. The van der Waals surface area contributed by atoms with Crippen molar-refractivity contribution in [3.63, 3.8) is 0 Å². The molecule has 2 aliphatic rings. The molecule has 4 heterocycles. The van der Waals surface area contributed by atoms with Gasteiger partial charge in [-0.05, 0) is 43.4 Å². The molecule has 2 aliphatic heterocycles. The fourth-order valence-electron chi connectivity index (χ4n) is 3.60. The van der Waals surface area contributed by atoms with E-state index in [2.05, 4.69) is 24.1 Å². The second-order valence-corrected chi connectivity index (χ2v) is 9.99. The Labute approximate surface area is 190 Å². The maximum atomic E-state index is 13.3. The van der Waals surface area contributed by atoms with Gasteiger partial charge in [-0.2, -0.15) is 0 Å². The number of amides is 1. The Morgan fingerprint density at radius 1 is 1.39 bits per heavy atom. The van der Waals surface area contributed by atoms with E-state index in [0.29, 0.717) is 45.3 Å². The van der Waals surface area contributed by atoms with Crippen molar-refractivity contribution in [1.82, 2.24) is 14.3 Å². The van der Waals surface area contributed by atoms with Crippen molar-refractivity contribution in [2.45, 2.75) is 39.7 Å². The molecule has 1 amide bonds. The van der Waals surface area contributed by atoms with Crippen LogP contribution in [0.3, 0.4) is 0 Å². The summed E-state index contributed by atoms with van der Waals surface area (Å²) < 4.78 is 7.68. The highest BCUT2D eigenvalue weighted by Gasteiger charge is 2.35. The minimum Gasteiger partial charge on any atom is -0.376 e. The average molecular weight is 459 g/mol. The summed E-state index contributed by atoms with van der Waals surface area (Å²) in [6.07, 6.45) is 5.33. The van der Waals surface area contributed by atoms with Crippen LogP contribution in [0.25, 0.3) is 11.7 Å². The van der Waals surface area contributed by atoms with Crippen molar-refractivity contribution in [1.29, 1.82) is 0 Å². The molecule has 0 spiro atoms. The zero-order valence-electron chi connectivity index (χ0n) is 17.9. The number of aromatic nitrogens is 2. The van der Waals surface area contributed by atoms with E-state index < -0.39 is 0 Å². The molecular weight excluding hydrogens is 432 g/mol. The highest BCUT2D eigenvalue weighted by atomic mass is 32.2. The monoisotopic (exact) mass is 458 g/mol. The fraction of sp³-hybridized carbons (Fsp3) is 0.455. The van der Waals surface area contributed by atoms with Gasteiger partial charge in [0.15, 0.2) is 0 Å². The van der Waals surface area contributed by atoms with Gasteiger partial charge >= 0.3 is 0 Å². The Morgan fingerprint density at radius 3 is 2.90 bits per heavy atom. The highest BCUT2D eigenvalue weighted by molar-refractivity contribution is 8.26. The van der Waals surface area contributed by atoms with Gasteiger partial charge in [0, 0.05) is 19.3 Å². The molecule has 2 aromatic rings. The quantitative estimate of drug-likeness (QED) is 0.525. The summed E-state index contributed by atoms with van der Waals surface area (Å²) in [6.45, 7) is 7.93. The van der Waals surface area contributed by atoms with E-state index in [1.807, 2.05) is 19.1 Å². The number of pyridine rings is 1. The predicted molar refractivity (Wildman–Crippen MR) is 128 cm³/mol. The topological polar surface area (TPSA) is 75.9 Å². The molecule has 4 rings (SSSR count). The molecule has 9 heteroatoms.